The van der Waals surface area contributed by atoms with Gasteiger partial charge in [0.1, 0.15) is 17.4 Å². The molecule has 5 fully saturated rings. The number of carbonyl (C=O) groups excluding carboxylic acids is 1. The second-order valence-electron chi connectivity index (χ2n) is 14.9. The van der Waals surface area contributed by atoms with Gasteiger partial charge in [0.15, 0.2) is 0 Å². The van der Waals surface area contributed by atoms with Crippen LogP contribution < -0.4 is 9.64 Å². The minimum Gasteiger partial charge on any atom is -0.496 e. The molecule has 8 heteroatoms. The van der Waals surface area contributed by atoms with Gasteiger partial charge in [-0.3, -0.25) is 14.4 Å². The Morgan fingerprint density at radius 1 is 1.04 bits per heavy atom. The zero-order chi connectivity index (χ0) is 31.4. The van der Waals surface area contributed by atoms with E-state index in [1.165, 1.54) is 23.7 Å². The molecule has 8 rings (SSSR count). The summed E-state index contributed by atoms with van der Waals surface area (Å²) in [6.45, 7) is 4.91. The predicted molar refractivity (Wildman–Crippen MR) is 173 cm³/mol. The third kappa shape index (κ3) is 5.47. The largest absolute Gasteiger partial charge is 0.496 e. The molecule has 0 radical (unpaired) electrons. The van der Waals surface area contributed by atoms with Crippen LogP contribution in [0, 0.1) is 24.1 Å². The highest BCUT2D eigenvalue weighted by Gasteiger charge is 2.51. The third-order valence-electron chi connectivity index (χ3n) is 12.2. The summed E-state index contributed by atoms with van der Waals surface area (Å²) in [5.74, 6) is 0.949. The maximum absolute atomic E-state index is 15.4. The summed E-state index contributed by atoms with van der Waals surface area (Å²) >= 11 is 0. The summed E-state index contributed by atoms with van der Waals surface area (Å²) in [5.41, 5.74) is 3.89. The molecular weight excluding hydrogens is 567 g/mol. The number of anilines is 1. The number of pyridine rings is 1. The number of fused-ring (bicyclic) bond motifs is 3. The second kappa shape index (κ2) is 11.5. The van der Waals surface area contributed by atoms with Gasteiger partial charge in [-0.2, -0.15) is 5.10 Å². The van der Waals surface area contributed by atoms with E-state index in [4.69, 9.17) is 4.74 Å². The number of ether oxygens (including phenoxy) is 1. The van der Waals surface area contributed by atoms with Crippen LogP contribution >= 0.6 is 0 Å². The molecular formula is C37H47FN4O3. The fourth-order valence-corrected chi connectivity index (χ4v) is 8.76. The topological polar surface area (TPSA) is 80.5 Å². The van der Waals surface area contributed by atoms with Gasteiger partial charge in [-0.25, -0.2) is 9.37 Å². The fourth-order valence-electron chi connectivity index (χ4n) is 8.76. The van der Waals surface area contributed by atoms with Crippen LogP contribution in [-0.4, -0.2) is 45.5 Å². The molecule has 0 spiro atoms. The van der Waals surface area contributed by atoms with Crippen molar-refractivity contribution >= 4 is 11.7 Å². The van der Waals surface area contributed by atoms with E-state index in [1.807, 2.05) is 15.8 Å². The minimum absolute atomic E-state index is 0.00698. The monoisotopic (exact) mass is 614 g/mol. The highest BCUT2D eigenvalue weighted by atomic mass is 19.1. The molecule has 5 aliphatic rings. The molecule has 7 nitrogen and oxygen atoms in total. The van der Waals surface area contributed by atoms with Crippen LogP contribution in [0.2, 0.25) is 0 Å². The van der Waals surface area contributed by atoms with Crippen LogP contribution in [0.25, 0.3) is 11.1 Å². The average molecular weight is 615 g/mol. The Labute approximate surface area is 266 Å². The van der Waals surface area contributed by atoms with Crippen molar-refractivity contribution in [2.24, 2.45) is 11.3 Å². The average Bonchev–Trinajstić information content (AvgIpc) is 3.54. The van der Waals surface area contributed by atoms with Gasteiger partial charge in [0.05, 0.1) is 31.1 Å². The standard InChI is InChI=1S/C37H47FN4O3/c1-25-19-28(7-10-32(25)45-3)37-16-13-36(14-17-37,15-18-37)24-41(34(44)26-5-8-29(43)9-6-26)33-20-30(31(38)22-39-33)27-21-40-42(23-27)35(2)11-4-12-35/h7,10,19-23,26,29,43H,4-6,8-9,11-18,24H2,1-3H3. The van der Waals surface area contributed by atoms with Gasteiger partial charge < -0.3 is 9.84 Å². The van der Waals surface area contributed by atoms with E-state index in [0.29, 0.717) is 49.2 Å². The van der Waals surface area contributed by atoms with E-state index < -0.39 is 5.82 Å². The molecule has 45 heavy (non-hydrogen) atoms. The van der Waals surface area contributed by atoms with Crippen molar-refractivity contribution in [3.63, 3.8) is 0 Å². The molecule has 0 atom stereocenters. The number of amides is 1. The molecule has 0 saturated heterocycles. The van der Waals surface area contributed by atoms with Crippen LogP contribution in [0.5, 0.6) is 5.75 Å². The number of carbonyl (C=O) groups is 1. The number of aliphatic hydroxyl groups is 1. The van der Waals surface area contributed by atoms with E-state index in [9.17, 15) is 9.90 Å². The van der Waals surface area contributed by atoms with Crippen molar-refractivity contribution in [1.82, 2.24) is 14.8 Å². The maximum atomic E-state index is 15.4. The molecule has 240 valence electrons. The van der Waals surface area contributed by atoms with E-state index in [2.05, 4.69) is 42.1 Å². The Bertz CT molecular complexity index is 1550. The maximum Gasteiger partial charge on any atom is 0.231 e. The lowest BCUT2D eigenvalue weighted by atomic mass is 9.51. The normalized spacial score (nSPS) is 28.8. The molecule has 0 unspecified atom stereocenters. The fraction of sp³-hybridized carbons (Fsp3) is 0.595. The van der Waals surface area contributed by atoms with Crippen molar-refractivity contribution in [3.8, 4) is 16.9 Å². The number of nitrogens with zero attached hydrogens (tertiary/aromatic N) is 4. The quantitative estimate of drug-likeness (QED) is 0.285. The zero-order valence-electron chi connectivity index (χ0n) is 27.0. The number of rotatable bonds is 8. The van der Waals surface area contributed by atoms with Crippen LogP contribution in [0.15, 0.2) is 42.9 Å². The van der Waals surface area contributed by atoms with Crippen molar-refractivity contribution in [3.05, 3.63) is 59.8 Å². The lowest BCUT2D eigenvalue weighted by molar-refractivity contribution is -0.124. The first-order valence-electron chi connectivity index (χ1n) is 17.0. The first kappa shape index (κ1) is 30.4. The summed E-state index contributed by atoms with van der Waals surface area (Å²) in [7, 11) is 1.72. The number of benzene rings is 1. The predicted octanol–water partition coefficient (Wildman–Crippen LogP) is 7.48. The summed E-state index contributed by atoms with van der Waals surface area (Å²) in [6, 6.07) is 8.42. The number of aliphatic hydroxyl groups excluding tert-OH is 1. The van der Waals surface area contributed by atoms with Gasteiger partial charge in [0.25, 0.3) is 0 Å². The molecule has 0 aliphatic heterocycles. The summed E-state index contributed by atoms with van der Waals surface area (Å²) in [5, 5.41) is 14.8. The molecule has 1 N–H and O–H groups in total. The number of aromatic nitrogens is 3. The molecule has 2 heterocycles. The number of methoxy groups -OCH3 is 1. The molecule has 1 aromatic carbocycles. The summed E-state index contributed by atoms with van der Waals surface area (Å²) < 4.78 is 22.9. The Morgan fingerprint density at radius 2 is 1.76 bits per heavy atom. The molecule has 1 amide bonds. The van der Waals surface area contributed by atoms with Crippen molar-refractivity contribution < 1.29 is 19.0 Å². The highest BCUT2D eigenvalue weighted by molar-refractivity contribution is 5.95. The second-order valence-corrected chi connectivity index (χ2v) is 14.9. The molecule has 5 saturated carbocycles. The van der Waals surface area contributed by atoms with Crippen LogP contribution in [0.3, 0.4) is 0 Å². The zero-order valence-corrected chi connectivity index (χ0v) is 27.0. The van der Waals surface area contributed by atoms with Crippen molar-refractivity contribution in [2.45, 2.75) is 114 Å². The van der Waals surface area contributed by atoms with Crippen LogP contribution in [0.4, 0.5) is 10.2 Å². The van der Waals surface area contributed by atoms with Gasteiger partial charge in [0.2, 0.25) is 5.91 Å². The molecule has 3 aromatic rings. The molecule has 2 bridgehead atoms. The Hall–Kier alpha value is -3.26. The van der Waals surface area contributed by atoms with Gasteiger partial charge in [0, 0.05) is 29.8 Å². The smallest absolute Gasteiger partial charge is 0.231 e. The van der Waals surface area contributed by atoms with Crippen LogP contribution in [0.1, 0.15) is 102 Å². The third-order valence-corrected chi connectivity index (χ3v) is 12.2. The number of aryl methyl sites for hydroxylation is 1. The lowest BCUT2D eigenvalue weighted by Crippen LogP contribution is -2.52. The first-order chi connectivity index (χ1) is 21.6. The molecule has 2 aromatic heterocycles. The van der Waals surface area contributed by atoms with E-state index in [-0.39, 0.29) is 34.3 Å². The van der Waals surface area contributed by atoms with Gasteiger partial charge in [-0.15, -0.1) is 0 Å². The number of hydrogen-bond donors (Lipinski definition) is 1. The van der Waals surface area contributed by atoms with E-state index in [0.717, 1.165) is 57.1 Å². The number of halogens is 1. The highest BCUT2D eigenvalue weighted by Crippen LogP contribution is 2.58. The van der Waals surface area contributed by atoms with E-state index in [1.54, 1.807) is 19.4 Å². The van der Waals surface area contributed by atoms with Gasteiger partial charge >= 0.3 is 0 Å². The SMILES string of the molecule is COc1ccc(C23CCC(CN(C(=O)C4CCC(O)CC4)c4cc(-c5cnn(C6(C)CCC6)c5)c(F)cn4)(CC2)CC3)cc1C. The Morgan fingerprint density at radius 3 is 2.38 bits per heavy atom. The first-order valence-corrected chi connectivity index (χ1v) is 17.0. The Balaban J connectivity index is 1.17. The van der Waals surface area contributed by atoms with Crippen molar-refractivity contribution in [2.75, 3.05) is 18.6 Å². The Kier molecular flexibility index (Phi) is 7.78. The van der Waals surface area contributed by atoms with Gasteiger partial charge in [-0.1, -0.05) is 12.1 Å². The van der Waals surface area contributed by atoms with Crippen molar-refractivity contribution in [1.29, 1.82) is 0 Å². The summed E-state index contributed by atoms with van der Waals surface area (Å²) in [4.78, 5) is 20.8. The summed E-state index contributed by atoms with van der Waals surface area (Å²) in [6.07, 6.45) is 17.0. The van der Waals surface area contributed by atoms with Crippen LogP contribution in [-0.2, 0) is 15.7 Å². The van der Waals surface area contributed by atoms with E-state index >= 15 is 4.39 Å². The lowest BCUT2D eigenvalue weighted by Gasteiger charge is -2.55. The van der Waals surface area contributed by atoms with Gasteiger partial charge in [-0.05, 0) is 131 Å². The minimum atomic E-state index is -0.404. The molecule has 5 aliphatic carbocycles. The number of hydrogen-bond acceptors (Lipinski definition) is 5.